The van der Waals surface area contributed by atoms with Gasteiger partial charge in [-0.3, -0.25) is 4.79 Å². The van der Waals surface area contributed by atoms with Crippen LogP contribution in [0.2, 0.25) is 0 Å². The molecule has 0 aromatic heterocycles. The molecule has 2 atom stereocenters. The minimum Gasteiger partial charge on any atom is -0.458 e. The van der Waals surface area contributed by atoms with Gasteiger partial charge < -0.3 is 9.84 Å². The van der Waals surface area contributed by atoms with Gasteiger partial charge in [0.15, 0.2) is 0 Å². The summed E-state index contributed by atoms with van der Waals surface area (Å²) in [4.78, 5) is 10.7. The second-order valence-electron chi connectivity index (χ2n) is 3.38. The van der Waals surface area contributed by atoms with Gasteiger partial charge in [-0.2, -0.15) is 0 Å². The summed E-state index contributed by atoms with van der Waals surface area (Å²) < 4.78 is 5.04. The number of carbonyl (C=O) groups is 1. The van der Waals surface area contributed by atoms with Gasteiger partial charge in [-0.1, -0.05) is 6.08 Å². The lowest BCUT2D eigenvalue weighted by molar-refractivity contribution is -0.144. The molecule has 74 valence electrons. The zero-order chi connectivity index (χ0) is 9.68. The molecule has 0 aliphatic heterocycles. The van der Waals surface area contributed by atoms with Crippen LogP contribution in [0.3, 0.4) is 0 Å². The van der Waals surface area contributed by atoms with Crippen LogP contribution in [0.25, 0.3) is 0 Å². The van der Waals surface area contributed by atoms with Gasteiger partial charge in [0.05, 0.1) is 6.10 Å². The van der Waals surface area contributed by atoms with Crippen molar-refractivity contribution in [3.8, 4) is 0 Å². The molecule has 1 aliphatic carbocycles. The van der Waals surface area contributed by atoms with E-state index in [0.29, 0.717) is 6.42 Å². The van der Waals surface area contributed by atoms with Crippen LogP contribution < -0.4 is 0 Å². The van der Waals surface area contributed by atoms with E-state index < -0.39 is 0 Å². The Labute approximate surface area is 78.4 Å². The lowest BCUT2D eigenvalue weighted by Gasteiger charge is -2.17. The molecule has 0 aromatic rings. The Morgan fingerprint density at radius 3 is 2.92 bits per heavy atom. The molecule has 1 rings (SSSR count). The normalized spacial score (nSPS) is 31.5. The van der Waals surface area contributed by atoms with Gasteiger partial charge in [0, 0.05) is 6.92 Å². The molecular weight excluding hydrogens is 168 g/mol. The van der Waals surface area contributed by atoms with Gasteiger partial charge >= 0.3 is 5.97 Å². The van der Waals surface area contributed by atoms with E-state index in [-0.39, 0.29) is 18.2 Å². The van der Waals surface area contributed by atoms with Crippen LogP contribution in [0.5, 0.6) is 0 Å². The lowest BCUT2D eigenvalue weighted by Crippen LogP contribution is -2.18. The van der Waals surface area contributed by atoms with E-state index in [9.17, 15) is 9.90 Å². The van der Waals surface area contributed by atoms with Crippen LogP contribution in [0.15, 0.2) is 12.2 Å². The van der Waals surface area contributed by atoms with Crippen molar-refractivity contribution in [2.24, 2.45) is 0 Å². The minimum absolute atomic E-state index is 0.146. The van der Waals surface area contributed by atoms with E-state index in [1.807, 2.05) is 12.2 Å². The molecule has 1 N–H and O–H groups in total. The molecule has 0 spiro atoms. The first-order chi connectivity index (χ1) is 6.18. The second-order valence-corrected chi connectivity index (χ2v) is 3.38. The highest BCUT2D eigenvalue weighted by Crippen LogP contribution is 2.14. The number of hydrogen-bond donors (Lipinski definition) is 1. The number of hydrogen-bond acceptors (Lipinski definition) is 3. The second kappa shape index (κ2) is 5.02. The van der Waals surface area contributed by atoms with Gasteiger partial charge in [-0.15, -0.1) is 0 Å². The summed E-state index contributed by atoms with van der Waals surface area (Å²) in [5.41, 5.74) is 0. The molecule has 0 radical (unpaired) electrons. The average molecular weight is 184 g/mol. The lowest BCUT2D eigenvalue weighted by atomic mass is 10.0. The summed E-state index contributed by atoms with van der Waals surface area (Å²) in [5.74, 6) is -0.260. The summed E-state index contributed by atoms with van der Waals surface area (Å²) >= 11 is 0. The third kappa shape index (κ3) is 4.08. The van der Waals surface area contributed by atoms with Crippen LogP contribution in [-0.2, 0) is 9.53 Å². The number of aliphatic hydroxyl groups excluding tert-OH is 1. The standard InChI is InChI=1S/C10H16O3/c1-8(11)13-10-5-3-2-4-9(12)6-7-10/h3,5,9-10,12H,2,4,6-7H2,1H3/b5-3+. The van der Waals surface area contributed by atoms with Crippen molar-refractivity contribution in [3.05, 3.63) is 12.2 Å². The molecule has 1 aliphatic rings. The first-order valence-corrected chi connectivity index (χ1v) is 4.70. The van der Waals surface area contributed by atoms with Crippen LogP contribution in [0.4, 0.5) is 0 Å². The molecule has 0 saturated carbocycles. The molecule has 13 heavy (non-hydrogen) atoms. The molecular formula is C10H16O3. The molecule has 0 fully saturated rings. The van der Waals surface area contributed by atoms with Gasteiger partial charge in [-0.25, -0.2) is 0 Å². The Balaban J connectivity index is 2.44. The largest absolute Gasteiger partial charge is 0.458 e. The highest BCUT2D eigenvalue weighted by molar-refractivity contribution is 5.66. The zero-order valence-electron chi connectivity index (χ0n) is 7.90. The fourth-order valence-electron chi connectivity index (χ4n) is 1.45. The van der Waals surface area contributed by atoms with Gasteiger partial charge in [0.2, 0.25) is 0 Å². The maximum atomic E-state index is 10.7. The van der Waals surface area contributed by atoms with E-state index in [1.165, 1.54) is 6.92 Å². The summed E-state index contributed by atoms with van der Waals surface area (Å²) in [6.07, 6.45) is 6.58. The van der Waals surface area contributed by atoms with Crippen LogP contribution in [-0.4, -0.2) is 23.3 Å². The fourth-order valence-corrected chi connectivity index (χ4v) is 1.45. The van der Waals surface area contributed by atoms with Gasteiger partial charge in [-0.05, 0) is 31.8 Å². The van der Waals surface area contributed by atoms with Crippen LogP contribution in [0.1, 0.15) is 32.6 Å². The molecule has 0 heterocycles. The Kier molecular flexibility index (Phi) is 3.96. The summed E-state index contributed by atoms with van der Waals surface area (Å²) in [5, 5.41) is 9.39. The number of rotatable bonds is 1. The smallest absolute Gasteiger partial charge is 0.303 e. The van der Waals surface area contributed by atoms with E-state index >= 15 is 0 Å². The first kappa shape index (κ1) is 10.3. The Morgan fingerprint density at radius 1 is 1.46 bits per heavy atom. The van der Waals surface area contributed by atoms with Crippen molar-refractivity contribution < 1.29 is 14.6 Å². The molecule has 0 aromatic carbocycles. The van der Waals surface area contributed by atoms with Crippen molar-refractivity contribution in [3.63, 3.8) is 0 Å². The highest BCUT2D eigenvalue weighted by Gasteiger charge is 2.13. The van der Waals surface area contributed by atoms with Crippen LogP contribution >= 0.6 is 0 Å². The maximum absolute atomic E-state index is 10.7. The maximum Gasteiger partial charge on any atom is 0.303 e. The summed E-state index contributed by atoms with van der Waals surface area (Å²) in [6, 6.07) is 0. The summed E-state index contributed by atoms with van der Waals surface area (Å²) in [6.45, 7) is 1.41. The molecule has 3 nitrogen and oxygen atoms in total. The van der Waals surface area contributed by atoms with Crippen LogP contribution in [0, 0.1) is 0 Å². The quantitative estimate of drug-likeness (QED) is 0.495. The van der Waals surface area contributed by atoms with Crippen molar-refractivity contribution >= 4 is 5.97 Å². The van der Waals surface area contributed by atoms with E-state index in [4.69, 9.17) is 4.74 Å². The van der Waals surface area contributed by atoms with E-state index in [1.54, 1.807) is 0 Å². The van der Waals surface area contributed by atoms with Crippen molar-refractivity contribution in [1.29, 1.82) is 0 Å². The van der Waals surface area contributed by atoms with Crippen molar-refractivity contribution in [2.45, 2.75) is 44.8 Å². The number of esters is 1. The predicted octanol–water partition coefficient (Wildman–Crippen LogP) is 1.41. The topological polar surface area (TPSA) is 46.5 Å². The van der Waals surface area contributed by atoms with E-state index in [0.717, 1.165) is 19.3 Å². The molecule has 2 unspecified atom stereocenters. The first-order valence-electron chi connectivity index (χ1n) is 4.70. The molecule has 3 heteroatoms. The fraction of sp³-hybridized carbons (Fsp3) is 0.700. The molecule has 0 amide bonds. The molecule has 0 bridgehead atoms. The predicted molar refractivity (Wildman–Crippen MR) is 49.2 cm³/mol. The Morgan fingerprint density at radius 2 is 2.23 bits per heavy atom. The summed E-state index contributed by atoms with van der Waals surface area (Å²) in [7, 11) is 0. The minimum atomic E-state index is -0.260. The number of ether oxygens (including phenoxy) is 1. The number of aliphatic hydroxyl groups is 1. The number of carbonyl (C=O) groups excluding carboxylic acids is 1. The third-order valence-electron chi connectivity index (χ3n) is 2.12. The zero-order valence-corrected chi connectivity index (χ0v) is 7.90. The Bertz CT molecular complexity index is 198. The molecule has 0 saturated heterocycles. The average Bonchev–Trinajstić information content (AvgIpc) is 2.03. The van der Waals surface area contributed by atoms with Gasteiger partial charge in [0.25, 0.3) is 0 Å². The SMILES string of the molecule is CC(=O)OC1/C=C/CCC(O)CC1. The van der Waals surface area contributed by atoms with Gasteiger partial charge in [0.1, 0.15) is 6.10 Å². The van der Waals surface area contributed by atoms with Crippen molar-refractivity contribution in [2.75, 3.05) is 0 Å². The monoisotopic (exact) mass is 184 g/mol. The third-order valence-corrected chi connectivity index (χ3v) is 2.12. The van der Waals surface area contributed by atoms with E-state index in [2.05, 4.69) is 0 Å². The Hall–Kier alpha value is -0.830. The van der Waals surface area contributed by atoms with Crippen molar-refractivity contribution in [1.82, 2.24) is 0 Å². The number of allylic oxidation sites excluding steroid dienone is 1. The highest BCUT2D eigenvalue weighted by atomic mass is 16.5.